The number of hydrogen-bond acceptors (Lipinski definition) is 6. The van der Waals surface area contributed by atoms with Gasteiger partial charge in [0.15, 0.2) is 0 Å². The molecule has 2 N–H and O–H groups in total. The zero-order chi connectivity index (χ0) is 16.5. The number of phenolic OH excluding ortho intramolecular Hbond substituents is 1. The Kier molecular flexibility index (Phi) is 4.43. The van der Waals surface area contributed by atoms with Crippen molar-refractivity contribution in [3.63, 3.8) is 0 Å². The SMILES string of the molecule is CCCSC(C)(ON1C(=O)c2cccc(O)c2C1=O)C(=O)O. The first kappa shape index (κ1) is 16.3. The highest BCUT2D eigenvalue weighted by Gasteiger charge is 2.46. The minimum Gasteiger partial charge on any atom is -0.507 e. The third kappa shape index (κ3) is 2.67. The van der Waals surface area contributed by atoms with Gasteiger partial charge >= 0.3 is 5.97 Å². The summed E-state index contributed by atoms with van der Waals surface area (Å²) in [4.78, 5) is 39.3. The number of carboxylic acid groups (broad SMARTS) is 1. The van der Waals surface area contributed by atoms with Crippen molar-refractivity contribution in [2.45, 2.75) is 25.2 Å². The van der Waals surface area contributed by atoms with E-state index in [9.17, 15) is 24.6 Å². The summed E-state index contributed by atoms with van der Waals surface area (Å²) in [5, 5.41) is 19.4. The number of aliphatic carboxylic acids is 1. The molecule has 2 amide bonds. The van der Waals surface area contributed by atoms with E-state index in [1.165, 1.54) is 25.1 Å². The second-order valence-electron chi connectivity index (χ2n) is 4.79. The van der Waals surface area contributed by atoms with Crippen molar-refractivity contribution in [3.05, 3.63) is 29.3 Å². The van der Waals surface area contributed by atoms with Crippen LogP contribution in [0.15, 0.2) is 18.2 Å². The van der Waals surface area contributed by atoms with Gasteiger partial charge in [0.2, 0.25) is 4.93 Å². The minimum atomic E-state index is -1.78. The minimum absolute atomic E-state index is 0.0155. The topological polar surface area (TPSA) is 104 Å². The third-order valence-electron chi connectivity index (χ3n) is 3.09. The Morgan fingerprint density at radius 1 is 1.36 bits per heavy atom. The molecule has 1 aromatic rings. The lowest BCUT2D eigenvalue weighted by molar-refractivity contribution is -0.179. The van der Waals surface area contributed by atoms with E-state index >= 15 is 0 Å². The highest BCUT2D eigenvalue weighted by atomic mass is 32.2. The van der Waals surface area contributed by atoms with Crippen LogP contribution in [0.5, 0.6) is 5.75 Å². The van der Waals surface area contributed by atoms with Crippen molar-refractivity contribution in [1.29, 1.82) is 0 Å². The number of rotatable bonds is 6. The summed E-state index contributed by atoms with van der Waals surface area (Å²) in [5.74, 6) is -2.83. The first-order valence-electron chi connectivity index (χ1n) is 6.59. The van der Waals surface area contributed by atoms with E-state index in [1.54, 1.807) is 0 Å². The third-order valence-corrected chi connectivity index (χ3v) is 4.50. The van der Waals surface area contributed by atoms with Crippen LogP contribution in [0.1, 0.15) is 41.0 Å². The fourth-order valence-corrected chi connectivity index (χ4v) is 2.77. The zero-order valence-electron chi connectivity index (χ0n) is 12.0. The van der Waals surface area contributed by atoms with E-state index in [0.29, 0.717) is 17.2 Å². The number of carboxylic acids is 1. The lowest BCUT2D eigenvalue weighted by atomic mass is 10.1. The first-order chi connectivity index (χ1) is 10.3. The van der Waals surface area contributed by atoms with Crippen LogP contribution in [0.2, 0.25) is 0 Å². The zero-order valence-corrected chi connectivity index (χ0v) is 12.8. The fourth-order valence-electron chi connectivity index (χ4n) is 1.93. The van der Waals surface area contributed by atoms with Gasteiger partial charge in [0.25, 0.3) is 11.8 Å². The standard InChI is InChI=1S/C14H15NO6S/c1-3-7-22-14(2,13(19)20)21-15-11(17)8-5-4-6-9(16)10(8)12(15)18/h4-6,16H,3,7H2,1-2H3,(H,19,20). The maximum Gasteiger partial charge on any atom is 0.349 e. The lowest BCUT2D eigenvalue weighted by Crippen LogP contribution is -2.44. The summed E-state index contributed by atoms with van der Waals surface area (Å²) in [6.45, 7) is 3.15. The molecular formula is C14H15NO6S. The first-order valence-corrected chi connectivity index (χ1v) is 7.57. The Morgan fingerprint density at radius 2 is 2.05 bits per heavy atom. The van der Waals surface area contributed by atoms with Crippen molar-refractivity contribution in [2.24, 2.45) is 0 Å². The number of carbonyl (C=O) groups is 3. The van der Waals surface area contributed by atoms with Crippen LogP contribution in [0.4, 0.5) is 0 Å². The Morgan fingerprint density at radius 3 is 2.59 bits per heavy atom. The monoisotopic (exact) mass is 325 g/mol. The molecule has 0 saturated heterocycles. The average Bonchev–Trinajstić information content (AvgIpc) is 2.71. The van der Waals surface area contributed by atoms with Crippen LogP contribution in [0, 0.1) is 0 Å². The van der Waals surface area contributed by atoms with Crippen LogP contribution in [0.3, 0.4) is 0 Å². The van der Waals surface area contributed by atoms with E-state index in [0.717, 1.165) is 11.8 Å². The predicted octanol–water partition coefficient (Wildman–Crippen LogP) is 1.86. The summed E-state index contributed by atoms with van der Waals surface area (Å²) < 4.78 is 0. The summed E-state index contributed by atoms with van der Waals surface area (Å²) in [6, 6.07) is 4.07. The number of nitrogens with zero attached hydrogens (tertiary/aromatic N) is 1. The summed E-state index contributed by atoms with van der Waals surface area (Å²) in [7, 11) is 0. The van der Waals surface area contributed by atoms with Crippen LogP contribution >= 0.6 is 11.8 Å². The van der Waals surface area contributed by atoms with Crippen molar-refractivity contribution in [3.8, 4) is 5.75 Å². The highest BCUT2D eigenvalue weighted by Crippen LogP contribution is 2.35. The maximum absolute atomic E-state index is 12.2. The van der Waals surface area contributed by atoms with Crippen molar-refractivity contribution in [1.82, 2.24) is 5.06 Å². The quantitative estimate of drug-likeness (QED) is 0.607. The number of hydroxylamine groups is 2. The molecule has 8 heteroatoms. The number of carbonyl (C=O) groups excluding carboxylic acids is 2. The molecule has 1 atom stereocenters. The molecular weight excluding hydrogens is 310 g/mol. The average molecular weight is 325 g/mol. The molecule has 0 bridgehead atoms. The number of benzene rings is 1. The molecule has 118 valence electrons. The Balaban J connectivity index is 2.31. The molecule has 1 aromatic carbocycles. The van der Waals surface area contributed by atoms with Gasteiger partial charge in [-0.25, -0.2) is 9.63 Å². The molecule has 0 spiro atoms. The maximum atomic E-state index is 12.2. The van der Waals surface area contributed by atoms with Crippen molar-refractivity contribution >= 4 is 29.5 Å². The van der Waals surface area contributed by atoms with Gasteiger partial charge in [0.1, 0.15) is 5.75 Å². The fraction of sp³-hybridized carbons (Fsp3) is 0.357. The van der Waals surface area contributed by atoms with Crippen LogP contribution in [0.25, 0.3) is 0 Å². The Labute approximate surface area is 130 Å². The van der Waals surface area contributed by atoms with Gasteiger partial charge < -0.3 is 10.2 Å². The van der Waals surface area contributed by atoms with Gasteiger partial charge in [0, 0.05) is 0 Å². The number of imide groups is 1. The van der Waals surface area contributed by atoms with Crippen LogP contribution < -0.4 is 0 Å². The largest absolute Gasteiger partial charge is 0.507 e. The smallest absolute Gasteiger partial charge is 0.349 e. The molecule has 7 nitrogen and oxygen atoms in total. The predicted molar refractivity (Wildman–Crippen MR) is 78.5 cm³/mol. The summed E-state index contributed by atoms with van der Waals surface area (Å²) in [5.41, 5.74) is -0.195. The van der Waals surface area contributed by atoms with E-state index < -0.39 is 22.7 Å². The summed E-state index contributed by atoms with van der Waals surface area (Å²) in [6.07, 6.45) is 0.708. The van der Waals surface area contributed by atoms with Gasteiger partial charge in [0.05, 0.1) is 11.1 Å². The van der Waals surface area contributed by atoms with Crippen LogP contribution in [-0.2, 0) is 9.63 Å². The molecule has 1 aliphatic rings. The van der Waals surface area contributed by atoms with Gasteiger partial charge in [-0.2, -0.15) is 0 Å². The summed E-state index contributed by atoms with van der Waals surface area (Å²) >= 11 is 0.975. The molecule has 0 fully saturated rings. The van der Waals surface area contributed by atoms with E-state index in [2.05, 4.69) is 0 Å². The van der Waals surface area contributed by atoms with E-state index in [-0.39, 0.29) is 16.9 Å². The number of fused-ring (bicyclic) bond motifs is 1. The second-order valence-corrected chi connectivity index (χ2v) is 6.27. The molecule has 1 heterocycles. The van der Waals surface area contributed by atoms with Gasteiger partial charge in [-0.05, 0) is 31.2 Å². The number of hydrogen-bond donors (Lipinski definition) is 2. The molecule has 22 heavy (non-hydrogen) atoms. The molecule has 1 unspecified atom stereocenters. The molecule has 0 saturated carbocycles. The molecule has 0 radical (unpaired) electrons. The normalized spacial score (nSPS) is 16.5. The number of thioether (sulfide) groups is 1. The van der Waals surface area contributed by atoms with Gasteiger partial charge in [-0.3, -0.25) is 9.59 Å². The highest BCUT2D eigenvalue weighted by molar-refractivity contribution is 8.01. The van der Waals surface area contributed by atoms with Crippen LogP contribution in [-0.4, -0.2) is 43.7 Å². The van der Waals surface area contributed by atoms with Crippen molar-refractivity contribution < 1.29 is 29.4 Å². The molecule has 1 aliphatic heterocycles. The van der Waals surface area contributed by atoms with Gasteiger partial charge in [-0.15, -0.1) is 16.8 Å². The molecule has 2 rings (SSSR count). The molecule has 0 aromatic heterocycles. The number of phenols is 1. The molecule has 0 aliphatic carbocycles. The number of amides is 2. The lowest BCUT2D eigenvalue weighted by Gasteiger charge is -2.27. The van der Waals surface area contributed by atoms with Gasteiger partial charge in [-0.1, -0.05) is 13.0 Å². The van der Waals surface area contributed by atoms with E-state index in [1.807, 2.05) is 6.92 Å². The Hall–Kier alpha value is -2.06. The second kappa shape index (κ2) is 5.98. The Bertz CT molecular complexity index is 646. The van der Waals surface area contributed by atoms with Crippen molar-refractivity contribution in [2.75, 3.05) is 5.75 Å². The van der Waals surface area contributed by atoms with E-state index in [4.69, 9.17) is 4.84 Å². The number of aromatic hydroxyl groups is 1.